The molecule has 2 heteroatoms. The van der Waals surface area contributed by atoms with Gasteiger partial charge >= 0.3 is 0 Å². The second-order valence-electron chi connectivity index (χ2n) is 5.31. The predicted molar refractivity (Wildman–Crippen MR) is 83.5 cm³/mol. The Morgan fingerprint density at radius 3 is 2.63 bits per heavy atom. The number of nitrogens with zero attached hydrogens (tertiary/aromatic N) is 1. The molecule has 1 heterocycles. The molecule has 0 atom stereocenters. The van der Waals surface area contributed by atoms with Crippen molar-refractivity contribution in [2.24, 2.45) is 0 Å². The van der Waals surface area contributed by atoms with Crippen molar-refractivity contribution >= 4 is 10.9 Å². The van der Waals surface area contributed by atoms with Crippen molar-refractivity contribution in [2.75, 3.05) is 7.05 Å². The molecule has 0 aliphatic rings. The molecule has 0 saturated carbocycles. The molecule has 1 aromatic heterocycles. The maximum atomic E-state index is 3.26. The van der Waals surface area contributed by atoms with E-state index in [-0.39, 0.29) is 0 Å². The normalized spacial score (nSPS) is 11.3. The first-order valence-corrected chi connectivity index (χ1v) is 7.58. The van der Waals surface area contributed by atoms with Gasteiger partial charge in [-0.1, -0.05) is 50.8 Å². The van der Waals surface area contributed by atoms with Crippen molar-refractivity contribution in [3.05, 3.63) is 36.0 Å². The quantitative estimate of drug-likeness (QED) is 0.697. The average molecular weight is 258 g/mol. The molecule has 0 spiro atoms. The van der Waals surface area contributed by atoms with Crippen LogP contribution >= 0.6 is 0 Å². The number of rotatable bonds is 8. The Bertz CT molecular complexity index is 499. The van der Waals surface area contributed by atoms with Crippen LogP contribution in [0.3, 0.4) is 0 Å². The van der Waals surface area contributed by atoms with Crippen LogP contribution in [0, 0.1) is 0 Å². The van der Waals surface area contributed by atoms with Crippen LogP contribution in [0.15, 0.2) is 30.5 Å². The third kappa shape index (κ3) is 3.60. The Balaban J connectivity index is 2.05. The lowest BCUT2D eigenvalue weighted by Crippen LogP contribution is -2.04. The van der Waals surface area contributed by atoms with E-state index in [2.05, 4.69) is 47.3 Å². The van der Waals surface area contributed by atoms with Gasteiger partial charge in [0, 0.05) is 30.2 Å². The van der Waals surface area contributed by atoms with Gasteiger partial charge < -0.3 is 9.88 Å². The number of fused-ring (bicyclic) bond motifs is 1. The van der Waals surface area contributed by atoms with Crippen molar-refractivity contribution in [3.8, 4) is 0 Å². The standard InChI is InChI=1S/C17H26N2/c1-3-4-5-6-9-12-19-14-15(13-18-2)16-10-7-8-11-17(16)19/h7-8,10-11,14,18H,3-6,9,12-13H2,1-2H3. The molecule has 0 aliphatic carbocycles. The van der Waals surface area contributed by atoms with Crippen LogP contribution in [0.1, 0.15) is 44.6 Å². The Morgan fingerprint density at radius 2 is 1.84 bits per heavy atom. The number of hydrogen-bond acceptors (Lipinski definition) is 1. The van der Waals surface area contributed by atoms with Gasteiger partial charge in [0.05, 0.1) is 0 Å². The highest BCUT2D eigenvalue weighted by Gasteiger charge is 2.06. The highest BCUT2D eigenvalue weighted by atomic mass is 15.0. The molecule has 2 nitrogen and oxygen atoms in total. The van der Waals surface area contributed by atoms with Crippen molar-refractivity contribution < 1.29 is 0 Å². The molecule has 0 unspecified atom stereocenters. The molecular formula is C17H26N2. The van der Waals surface area contributed by atoms with Crippen LogP contribution in [0.25, 0.3) is 10.9 Å². The molecule has 1 aromatic carbocycles. The molecule has 19 heavy (non-hydrogen) atoms. The van der Waals surface area contributed by atoms with Gasteiger partial charge in [0.2, 0.25) is 0 Å². The maximum Gasteiger partial charge on any atom is 0.0483 e. The zero-order valence-corrected chi connectivity index (χ0v) is 12.3. The first-order chi connectivity index (χ1) is 9.36. The summed E-state index contributed by atoms with van der Waals surface area (Å²) in [5.74, 6) is 0. The molecule has 0 aliphatic heterocycles. The highest BCUT2D eigenvalue weighted by molar-refractivity contribution is 5.83. The Morgan fingerprint density at radius 1 is 1.05 bits per heavy atom. The molecule has 0 radical (unpaired) electrons. The van der Waals surface area contributed by atoms with E-state index in [1.165, 1.54) is 48.6 Å². The molecule has 1 N–H and O–H groups in total. The van der Waals surface area contributed by atoms with Crippen molar-refractivity contribution in [1.82, 2.24) is 9.88 Å². The fraction of sp³-hybridized carbons (Fsp3) is 0.529. The first kappa shape index (κ1) is 14.1. The maximum absolute atomic E-state index is 3.26. The van der Waals surface area contributed by atoms with E-state index < -0.39 is 0 Å². The van der Waals surface area contributed by atoms with Crippen LogP contribution in [0.4, 0.5) is 0 Å². The van der Waals surface area contributed by atoms with E-state index in [0.717, 1.165) is 13.1 Å². The molecule has 2 aromatic rings. The topological polar surface area (TPSA) is 17.0 Å². The molecule has 0 bridgehead atoms. The summed E-state index contributed by atoms with van der Waals surface area (Å²) in [6.07, 6.45) is 9.02. The number of unbranched alkanes of at least 4 members (excludes halogenated alkanes) is 4. The van der Waals surface area contributed by atoms with Crippen LogP contribution in [-0.4, -0.2) is 11.6 Å². The molecule has 0 saturated heterocycles. The van der Waals surface area contributed by atoms with Gasteiger partial charge in [-0.3, -0.25) is 0 Å². The van der Waals surface area contributed by atoms with Gasteiger partial charge in [-0.2, -0.15) is 0 Å². The molecule has 104 valence electrons. The summed E-state index contributed by atoms with van der Waals surface area (Å²) in [4.78, 5) is 0. The summed E-state index contributed by atoms with van der Waals surface area (Å²) in [7, 11) is 2.01. The Hall–Kier alpha value is -1.28. The number of hydrogen-bond donors (Lipinski definition) is 1. The lowest BCUT2D eigenvalue weighted by atomic mass is 10.1. The van der Waals surface area contributed by atoms with Gasteiger partial charge in [-0.15, -0.1) is 0 Å². The van der Waals surface area contributed by atoms with E-state index in [4.69, 9.17) is 0 Å². The van der Waals surface area contributed by atoms with E-state index in [1.807, 2.05) is 7.05 Å². The summed E-state index contributed by atoms with van der Waals surface area (Å²) >= 11 is 0. The van der Waals surface area contributed by atoms with Crippen LogP contribution in [0.2, 0.25) is 0 Å². The lowest BCUT2D eigenvalue weighted by molar-refractivity contribution is 0.576. The zero-order valence-electron chi connectivity index (χ0n) is 12.3. The second-order valence-corrected chi connectivity index (χ2v) is 5.31. The van der Waals surface area contributed by atoms with Crippen LogP contribution in [0.5, 0.6) is 0 Å². The molecule has 0 amide bonds. The highest BCUT2D eigenvalue weighted by Crippen LogP contribution is 2.22. The number of aryl methyl sites for hydroxylation is 1. The van der Waals surface area contributed by atoms with Crippen molar-refractivity contribution in [1.29, 1.82) is 0 Å². The average Bonchev–Trinajstić information content (AvgIpc) is 2.78. The summed E-state index contributed by atoms with van der Waals surface area (Å²) < 4.78 is 2.42. The number of para-hydroxylation sites is 1. The first-order valence-electron chi connectivity index (χ1n) is 7.58. The van der Waals surface area contributed by atoms with E-state index in [1.54, 1.807) is 0 Å². The largest absolute Gasteiger partial charge is 0.347 e. The number of benzene rings is 1. The van der Waals surface area contributed by atoms with Gasteiger partial charge in [-0.25, -0.2) is 0 Å². The summed E-state index contributed by atoms with van der Waals surface area (Å²) in [5, 5.41) is 4.65. The third-order valence-corrected chi connectivity index (χ3v) is 3.74. The van der Waals surface area contributed by atoms with E-state index in [9.17, 15) is 0 Å². The minimum absolute atomic E-state index is 0.948. The fourth-order valence-corrected chi connectivity index (χ4v) is 2.72. The molecular weight excluding hydrogens is 232 g/mol. The van der Waals surface area contributed by atoms with Crippen molar-refractivity contribution in [2.45, 2.75) is 52.1 Å². The van der Waals surface area contributed by atoms with Crippen LogP contribution < -0.4 is 5.32 Å². The van der Waals surface area contributed by atoms with Gasteiger partial charge in [-0.05, 0) is 25.1 Å². The lowest BCUT2D eigenvalue weighted by Gasteiger charge is -2.05. The second kappa shape index (κ2) is 7.34. The SMILES string of the molecule is CCCCCCCn1cc(CNC)c2ccccc21. The van der Waals surface area contributed by atoms with Gasteiger partial charge in [0.25, 0.3) is 0 Å². The Kier molecular flexibility index (Phi) is 5.46. The predicted octanol–water partition coefficient (Wildman–Crippen LogP) is 4.33. The van der Waals surface area contributed by atoms with Gasteiger partial charge in [0.15, 0.2) is 0 Å². The van der Waals surface area contributed by atoms with Crippen molar-refractivity contribution in [3.63, 3.8) is 0 Å². The summed E-state index contributed by atoms with van der Waals surface area (Å²) in [6.45, 7) is 4.36. The monoisotopic (exact) mass is 258 g/mol. The van der Waals surface area contributed by atoms with E-state index >= 15 is 0 Å². The van der Waals surface area contributed by atoms with Gasteiger partial charge in [0.1, 0.15) is 0 Å². The fourth-order valence-electron chi connectivity index (χ4n) is 2.72. The Labute approximate surface area is 116 Å². The number of nitrogens with one attached hydrogen (secondary N) is 1. The summed E-state index contributed by atoms with van der Waals surface area (Å²) in [5.41, 5.74) is 2.79. The van der Waals surface area contributed by atoms with Crippen LogP contribution in [-0.2, 0) is 13.1 Å². The zero-order chi connectivity index (χ0) is 13.5. The molecule has 2 rings (SSSR count). The minimum atomic E-state index is 0.948. The smallest absolute Gasteiger partial charge is 0.0483 e. The molecule has 0 fully saturated rings. The van der Waals surface area contributed by atoms with E-state index in [0.29, 0.717) is 0 Å². The number of aromatic nitrogens is 1. The summed E-state index contributed by atoms with van der Waals surface area (Å²) in [6, 6.07) is 8.74. The minimum Gasteiger partial charge on any atom is -0.347 e. The third-order valence-electron chi connectivity index (χ3n) is 3.74.